The lowest BCUT2D eigenvalue weighted by Gasteiger charge is -2.33. The number of hydrogen-bond acceptors (Lipinski definition) is 3. The van der Waals surface area contributed by atoms with E-state index in [-0.39, 0.29) is 11.7 Å². The molecule has 1 fully saturated rings. The lowest BCUT2D eigenvalue weighted by Crippen LogP contribution is -2.44. The minimum Gasteiger partial charge on any atom is -0.391 e. The molecule has 3 nitrogen and oxygen atoms in total. The number of nitrogens with two attached hydrogens (primary N) is 1. The van der Waals surface area contributed by atoms with E-state index in [2.05, 4.69) is 0 Å². The largest absolute Gasteiger partial charge is 0.391 e. The van der Waals surface area contributed by atoms with Gasteiger partial charge >= 0.3 is 0 Å². The molecule has 0 saturated heterocycles. The van der Waals surface area contributed by atoms with E-state index < -0.39 is 6.10 Å². The molecule has 3 N–H and O–H groups in total. The first kappa shape index (κ1) is 11.0. The van der Waals surface area contributed by atoms with Crippen molar-refractivity contribution in [1.82, 2.24) is 0 Å². The van der Waals surface area contributed by atoms with Crippen LogP contribution in [0.2, 0.25) is 0 Å². The molecule has 78 valence electrons. The molecule has 0 bridgehead atoms. The molecule has 1 saturated carbocycles. The summed E-state index contributed by atoms with van der Waals surface area (Å²) in [5, 5.41) is 9.32. The lowest BCUT2D eigenvalue weighted by atomic mass is 10.00. The predicted octanol–water partition coefficient (Wildman–Crippen LogP) is 0.900. The molecule has 1 rings (SSSR count). The van der Waals surface area contributed by atoms with Gasteiger partial charge in [-0.15, -0.1) is 0 Å². The van der Waals surface area contributed by atoms with Gasteiger partial charge in [-0.1, -0.05) is 0 Å². The molecule has 3 atom stereocenters. The van der Waals surface area contributed by atoms with Crippen molar-refractivity contribution in [2.45, 2.75) is 51.4 Å². The van der Waals surface area contributed by atoms with Gasteiger partial charge in [-0.2, -0.15) is 0 Å². The SMILES string of the molecule is CC(O)C(C)OC(C)(CN)C1CC1. The van der Waals surface area contributed by atoms with Gasteiger partial charge in [0.05, 0.1) is 17.8 Å². The third-order valence-electron chi connectivity index (χ3n) is 2.98. The summed E-state index contributed by atoms with van der Waals surface area (Å²) in [5.74, 6) is 0.596. The average molecular weight is 187 g/mol. The normalized spacial score (nSPS) is 26.5. The van der Waals surface area contributed by atoms with Crippen molar-refractivity contribution in [3.8, 4) is 0 Å². The molecule has 1 aliphatic carbocycles. The fourth-order valence-corrected chi connectivity index (χ4v) is 1.53. The maximum atomic E-state index is 9.32. The Bertz CT molecular complexity index is 168. The van der Waals surface area contributed by atoms with E-state index in [9.17, 15) is 5.11 Å². The fraction of sp³-hybridized carbons (Fsp3) is 1.00. The van der Waals surface area contributed by atoms with E-state index in [1.807, 2.05) is 13.8 Å². The number of hydrogen-bond donors (Lipinski definition) is 2. The quantitative estimate of drug-likeness (QED) is 0.672. The highest BCUT2D eigenvalue weighted by atomic mass is 16.5. The van der Waals surface area contributed by atoms with Crippen LogP contribution in [0, 0.1) is 5.92 Å². The van der Waals surface area contributed by atoms with Crippen LogP contribution < -0.4 is 5.73 Å². The number of ether oxygens (including phenoxy) is 1. The minimum atomic E-state index is -0.426. The van der Waals surface area contributed by atoms with E-state index in [0.29, 0.717) is 12.5 Å². The molecule has 0 aromatic heterocycles. The van der Waals surface area contributed by atoms with Crippen LogP contribution in [0.5, 0.6) is 0 Å². The summed E-state index contributed by atoms with van der Waals surface area (Å²) in [4.78, 5) is 0. The maximum Gasteiger partial charge on any atom is 0.0811 e. The molecule has 0 aliphatic heterocycles. The number of rotatable bonds is 5. The summed E-state index contributed by atoms with van der Waals surface area (Å²) in [6.45, 7) is 6.22. The van der Waals surface area contributed by atoms with E-state index >= 15 is 0 Å². The van der Waals surface area contributed by atoms with E-state index in [1.54, 1.807) is 6.92 Å². The second-order valence-corrected chi connectivity index (χ2v) is 4.35. The third kappa shape index (κ3) is 2.66. The molecule has 1 aliphatic rings. The van der Waals surface area contributed by atoms with Gasteiger partial charge in [0.15, 0.2) is 0 Å². The third-order valence-corrected chi connectivity index (χ3v) is 2.98. The summed E-state index contributed by atoms with van der Waals surface area (Å²) in [5.41, 5.74) is 5.46. The van der Waals surface area contributed by atoms with Crippen LogP contribution in [0.3, 0.4) is 0 Å². The molecule has 0 heterocycles. The van der Waals surface area contributed by atoms with Crippen LogP contribution >= 0.6 is 0 Å². The molecule has 0 amide bonds. The van der Waals surface area contributed by atoms with Crippen LogP contribution in [0.1, 0.15) is 33.6 Å². The van der Waals surface area contributed by atoms with Crippen molar-refractivity contribution in [3.05, 3.63) is 0 Å². The predicted molar refractivity (Wildman–Crippen MR) is 52.4 cm³/mol. The minimum absolute atomic E-state index is 0.130. The highest BCUT2D eigenvalue weighted by Crippen LogP contribution is 2.41. The first-order chi connectivity index (χ1) is 5.99. The van der Waals surface area contributed by atoms with Crippen LogP contribution in [0.15, 0.2) is 0 Å². The molecule has 0 radical (unpaired) electrons. The number of aliphatic hydroxyl groups excluding tert-OH is 1. The van der Waals surface area contributed by atoms with Gasteiger partial charge in [-0.05, 0) is 39.5 Å². The van der Waals surface area contributed by atoms with E-state index in [0.717, 1.165) is 0 Å². The Morgan fingerprint density at radius 1 is 1.54 bits per heavy atom. The van der Waals surface area contributed by atoms with Gasteiger partial charge in [-0.25, -0.2) is 0 Å². The highest BCUT2D eigenvalue weighted by Gasteiger charge is 2.42. The molecule has 13 heavy (non-hydrogen) atoms. The van der Waals surface area contributed by atoms with Gasteiger partial charge in [0.1, 0.15) is 0 Å². The summed E-state index contributed by atoms with van der Waals surface area (Å²) in [7, 11) is 0. The van der Waals surface area contributed by atoms with E-state index in [4.69, 9.17) is 10.5 Å². The molecule has 3 unspecified atom stereocenters. The Morgan fingerprint density at radius 3 is 2.38 bits per heavy atom. The standard InChI is InChI=1S/C10H21NO2/c1-7(12)8(2)13-10(3,6-11)9-4-5-9/h7-9,12H,4-6,11H2,1-3H3. The Morgan fingerprint density at radius 2 is 2.08 bits per heavy atom. The highest BCUT2D eigenvalue weighted by molar-refractivity contribution is 4.94. The molecular formula is C10H21NO2. The summed E-state index contributed by atoms with van der Waals surface area (Å²) < 4.78 is 5.80. The summed E-state index contributed by atoms with van der Waals surface area (Å²) in [6.07, 6.45) is 1.86. The first-order valence-electron chi connectivity index (χ1n) is 5.05. The van der Waals surface area contributed by atoms with Crippen LogP contribution in [-0.2, 0) is 4.74 Å². The monoisotopic (exact) mass is 187 g/mol. The van der Waals surface area contributed by atoms with Crippen molar-refractivity contribution >= 4 is 0 Å². The number of aliphatic hydroxyl groups is 1. The first-order valence-corrected chi connectivity index (χ1v) is 5.05. The van der Waals surface area contributed by atoms with Crippen LogP contribution in [-0.4, -0.2) is 29.5 Å². The zero-order valence-electron chi connectivity index (χ0n) is 8.79. The maximum absolute atomic E-state index is 9.32. The van der Waals surface area contributed by atoms with Gasteiger partial charge < -0.3 is 15.6 Å². The van der Waals surface area contributed by atoms with E-state index in [1.165, 1.54) is 12.8 Å². The zero-order chi connectivity index (χ0) is 10.1. The fourth-order valence-electron chi connectivity index (χ4n) is 1.53. The van der Waals surface area contributed by atoms with Gasteiger partial charge in [0.2, 0.25) is 0 Å². The average Bonchev–Trinajstić information content (AvgIpc) is 2.86. The van der Waals surface area contributed by atoms with Gasteiger partial charge in [-0.3, -0.25) is 0 Å². The second kappa shape index (κ2) is 3.95. The Balaban J connectivity index is 2.47. The van der Waals surface area contributed by atoms with Crippen molar-refractivity contribution in [3.63, 3.8) is 0 Å². The Hall–Kier alpha value is -0.120. The summed E-state index contributed by atoms with van der Waals surface area (Å²) in [6, 6.07) is 0. The van der Waals surface area contributed by atoms with Crippen LogP contribution in [0.25, 0.3) is 0 Å². The van der Waals surface area contributed by atoms with Crippen LogP contribution in [0.4, 0.5) is 0 Å². The molecule has 0 aromatic carbocycles. The van der Waals surface area contributed by atoms with Crippen molar-refractivity contribution in [2.24, 2.45) is 11.7 Å². The van der Waals surface area contributed by atoms with Gasteiger partial charge in [0, 0.05) is 6.54 Å². The Labute approximate surface area is 80.3 Å². The molecular weight excluding hydrogens is 166 g/mol. The second-order valence-electron chi connectivity index (χ2n) is 4.35. The van der Waals surface area contributed by atoms with Gasteiger partial charge in [0.25, 0.3) is 0 Å². The molecule has 0 aromatic rings. The smallest absolute Gasteiger partial charge is 0.0811 e. The zero-order valence-corrected chi connectivity index (χ0v) is 8.79. The lowest BCUT2D eigenvalue weighted by molar-refractivity contribution is -0.120. The van der Waals surface area contributed by atoms with Crippen molar-refractivity contribution in [2.75, 3.05) is 6.54 Å². The molecule has 0 spiro atoms. The molecule has 3 heteroatoms. The van der Waals surface area contributed by atoms with Crippen molar-refractivity contribution < 1.29 is 9.84 Å². The Kier molecular flexibility index (Phi) is 3.33. The van der Waals surface area contributed by atoms with Crippen molar-refractivity contribution in [1.29, 1.82) is 0 Å². The topological polar surface area (TPSA) is 55.5 Å². The summed E-state index contributed by atoms with van der Waals surface area (Å²) >= 11 is 0.